The van der Waals surface area contributed by atoms with Gasteiger partial charge in [-0.25, -0.2) is 4.39 Å². The first kappa shape index (κ1) is 16.6. The van der Waals surface area contributed by atoms with Crippen LogP contribution in [0.15, 0.2) is 42.5 Å². The fraction of sp³-hybridized carbons (Fsp3) is 0.478. The number of methoxy groups -OCH3 is 1. The van der Waals surface area contributed by atoms with E-state index in [2.05, 4.69) is 6.92 Å². The van der Waals surface area contributed by atoms with Crippen molar-refractivity contribution in [3.05, 3.63) is 53.8 Å². The van der Waals surface area contributed by atoms with E-state index in [1.54, 1.807) is 7.11 Å². The summed E-state index contributed by atoms with van der Waals surface area (Å²) >= 11 is 0. The first-order valence-corrected chi connectivity index (χ1v) is 9.55. The number of benzene rings is 2. The Balaban J connectivity index is 1.70. The average Bonchev–Trinajstić information content (AvgIpc) is 2.69. The minimum absolute atomic E-state index is 0.0152. The fourth-order valence-electron chi connectivity index (χ4n) is 5.13. The van der Waals surface area contributed by atoms with Crippen LogP contribution in [0.4, 0.5) is 4.39 Å². The van der Waals surface area contributed by atoms with Crippen LogP contribution in [0.2, 0.25) is 0 Å². The van der Waals surface area contributed by atoms with E-state index in [0.717, 1.165) is 36.1 Å². The van der Waals surface area contributed by atoms with Crippen molar-refractivity contribution < 1.29 is 9.13 Å². The molecule has 3 fully saturated rings. The van der Waals surface area contributed by atoms with Crippen molar-refractivity contribution >= 4 is 0 Å². The molecule has 0 amide bonds. The monoisotopic (exact) mass is 338 g/mol. The molecule has 0 heterocycles. The Morgan fingerprint density at radius 1 is 0.920 bits per heavy atom. The van der Waals surface area contributed by atoms with Crippen LogP contribution in [-0.2, 0) is 5.41 Å². The van der Waals surface area contributed by atoms with Gasteiger partial charge in [0.2, 0.25) is 0 Å². The summed E-state index contributed by atoms with van der Waals surface area (Å²) in [7, 11) is 1.65. The number of fused-ring (bicyclic) bond motifs is 3. The molecule has 0 aliphatic heterocycles. The summed E-state index contributed by atoms with van der Waals surface area (Å²) in [5.41, 5.74) is 3.19. The van der Waals surface area contributed by atoms with E-state index in [4.69, 9.17) is 4.74 Å². The summed E-state index contributed by atoms with van der Waals surface area (Å²) in [6, 6.07) is 13.7. The number of ether oxygens (including phenoxy) is 1. The molecular formula is C23H27FO. The van der Waals surface area contributed by atoms with E-state index < -0.39 is 0 Å². The molecule has 0 N–H and O–H groups in total. The van der Waals surface area contributed by atoms with Crippen molar-refractivity contribution in [2.75, 3.05) is 7.11 Å². The van der Waals surface area contributed by atoms with Crippen molar-refractivity contribution in [1.29, 1.82) is 0 Å². The molecular weight excluding hydrogens is 311 g/mol. The molecule has 1 nitrogen and oxygen atoms in total. The van der Waals surface area contributed by atoms with Gasteiger partial charge >= 0.3 is 0 Å². The molecule has 0 saturated heterocycles. The highest BCUT2D eigenvalue weighted by molar-refractivity contribution is 5.66. The van der Waals surface area contributed by atoms with Crippen molar-refractivity contribution in [2.24, 2.45) is 5.41 Å². The standard InChI is InChI=1S/C23H27FO/c1-3-22-11-14-23(15-12-22,16-13-22)20-6-4-5-19(21(20)24)17-7-9-18(25-2)10-8-17/h4-10H,3,11-16H2,1-2H3. The summed E-state index contributed by atoms with van der Waals surface area (Å²) in [6.45, 7) is 2.32. The quantitative estimate of drug-likeness (QED) is 0.618. The summed E-state index contributed by atoms with van der Waals surface area (Å²) in [4.78, 5) is 0. The van der Waals surface area contributed by atoms with Crippen molar-refractivity contribution in [1.82, 2.24) is 0 Å². The molecule has 0 radical (unpaired) electrons. The van der Waals surface area contributed by atoms with E-state index >= 15 is 4.39 Å². The Kier molecular flexibility index (Phi) is 4.10. The molecule has 3 saturated carbocycles. The first-order valence-electron chi connectivity index (χ1n) is 9.55. The van der Waals surface area contributed by atoms with Crippen LogP contribution in [0.3, 0.4) is 0 Å². The highest BCUT2D eigenvalue weighted by Gasteiger charge is 2.49. The molecule has 0 atom stereocenters. The first-order chi connectivity index (χ1) is 12.1. The van der Waals surface area contributed by atoms with Crippen LogP contribution in [0.1, 0.15) is 57.4 Å². The summed E-state index contributed by atoms with van der Waals surface area (Å²) < 4.78 is 20.7. The maximum Gasteiger partial charge on any atom is 0.134 e. The summed E-state index contributed by atoms with van der Waals surface area (Å²) in [5.74, 6) is 0.785. The zero-order valence-electron chi connectivity index (χ0n) is 15.3. The molecule has 3 aliphatic rings. The lowest BCUT2D eigenvalue weighted by Crippen LogP contribution is -2.44. The molecule has 0 aromatic heterocycles. The van der Waals surface area contributed by atoms with Gasteiger partial charge in [0.25, 0.3) is 0 Å². The Labute approximate surface area is 150 Å². The van der Waals surface area contributed by atoms with Crippen LogP contribution >= 0.6 is 0 Å². The van der Waals surface area contributed by atoms with Gasteiger partial charge in [-0.15, -0.1) is 0 Å². The molecule has 3 aliphatic carbocycles. The largest absolute Gasteiger partial charge is 0.497 e. The van der Waals surface area contributed by atoms with Gasteiger partial charge in [0.05, 0.1) is 7.11 Å². The molecule has 0 unspecified atom stereocenters. The third-order valence-electron chi connectivity index (χ3n) is 7.12. The molecule has 5 rings (SSSR count). The minimum Gasteiger partial charge on any atom is -0.497 e. The van der Waals surface area contributed by atoms with Crippen LogP contribution in [-0.4, -0.2) is 7.11 Å². The summed E-state index contributed by atoms with van der Waals surface area (Å²) in [5, 5.41) is 0. The second kappa shape index (κ2) is 6.16. The zero-order chi connectivity index (χ0) is 17.5. The van der Waals surface area contributed by atoms with Gasteiger partial charge < -0.3 is 4.74 Å². The topological polar surface area (TPSA) is 9.23 Å². The van der Waals surface area contributed by atoms with Crippen LogP contribution in [0.25, 0.3) is 11.1 Å². The Morgan fingerprint density at radius 2 is 1.56 bits per heavy atom. The number of hydrogen-bond acceptors (Lipinski definition) is 1. The molecule has 25 heavy (non-hydrogen) atoms. The van der Waals surface area contributed by atoms with Crippen molar-refractivity contribution in [3.8, 4) is 16.9 Å². The average molecular weight is 338 g/mol. The Bertz CT molecular complexity index is 738. The maximum absolute atomic E-state index is 15.5. The SMILES string of the molecule is CCC12CCC(c3cccc(-c4ccc(OC)cc4)c3F)(CC1)CC2. The predicted octanol–water partition coefficient (Wildman–Crippen LogP) is 6.50. The van der Waals surface area contributed by atoms with Crippen molar-refractivity contribution in [2.45, 2.75) is 57.3 Å². The minimum atomic E-state index is -0.0152. The normalized spacial score (nSPS) is 28.1. The number of halogens is 1. The number of rotatable bonds is 4. The predicted molar refractivity (Wildman–Crippen MR) is 100 cm³/mol. The van der Waals surface area contributed by atoms with Gasteiger partial charge in [0, 0.05) is 5.56 Å². The van der Waals surface area contributed by atoms with Gasteiger partial charge in [-0.2, -0.15) is 0 Å². The summed E-state index contributed by atoms with van der Waals surface area (Å²) in [6.07, 6.45) is 8.48. The van der Waals surface area contributed by atoms with Gasteiger partial charge in [-0.1, -0.05) is 43.7 Å². The van der Waals surface area contributed by atoms with Crippen molar-refractivity contribution in [3.63, 3.8) is 0 Å². The van der Waals surface area contributed by atoms with E-state index in [0.29, 0.717) is 11.0 Å². The van der Waals surface area contributed by atoms with Crippen LogP contribution in [0, 0.1) is 11.2 Å². The van der Waals surface area contributed by atoms with Gasteiger partial charge in [-0.3, -0.25) is 0 Å². The Morgan fingerprint density at radius 3 is 2.12 bits per heavy atom. The second-order valence-electron chi connectivity index (χ2n) is 8.03. The smallest absolute Gasteiger partial charge is 0.134 e. The van der Waals surface area contributed by atoms with E-state index in [1.807, 2.05) is 42.5 Å². The Hall–Kier alpha value is -1.83. The lowest BCUT2D eigenvalue weighted by molar-refractivity contribution is 0.0350. The lowest BCUT2D eigenvalue weighted by Gasteiger charge is -2.54. The molecule has 2 aromatic rings. The molecule has 132 valence electrons. The molecule has 2 aromatic carbocycles. The van der Waals surface area contributed by atoms with E-state index in [1.165, 1.54) is 25.7 Å². The molecule has 2 heteroatoms. The second-order valence-corrected chi connectivity index (χ2v) is 8.03. The maximum atomic E-state index is 15.5. The number of hydrogen-bond donors (Lipinski definition) is 0. The van der Waals surface area contributed by atoms with E-state index in [-0.39, 0.29) is 11.2 Å². The highest BCUT2D eigenvalue weighted by atomic mass is 19.1. The van der Waals surface area contributed by atoms with Gasteiger partial charge in [0.1, 0.15) is 11.6 Å². The fourth-order valence-corrected chi connectivity index (χ4v) is 5.13. The van der Waals surface area contributed by atoms with Crippen LogP contribution < -0.4 is 4.74 Å². The molecule has 0 spiro atoms. The highest BCUT2D eigenvalue weighted by Crippen LogP contribution is 2.59. The van der Waals surface area contributed by atoms with E-state index in [9.17, 15) is 0 Å². The van der Waals surface area contributed by atoms with Gasteiger partial charge in [-0.05, 0) is 72.6 Å². The third kappa shape index (κ3) is 2.67. The lowest BCUT2D eigenvalue weighted by atomic mass is 9.51. The van der Waals surface area contributed by atoms with Gasteiger partial charge in [0.15, 0.2) is 0 Å². The zero-order valence-corrected chi connectivity index (χ0v) is 15.3. The third-order valence-corrected chi connectivity index (χ3v) is 7.12. The molecule has 2 bridgehead atoms. The van der Waals surface area contributed by atoms with Crippen LogP contribution in [0.5, 0.6) is 5.75 Å².